The van der Waals surface area contributed by atoms with Crippen LogP contribution in [-0.2, 0) is 0 Å². The van der Waals surface area contributed by atoms with E-state index in [1.807, 2.05) is 30.3 Å². The zero-order chi connectivity index (χ0) is 15.1. The molecule has 110 valence electrons. The second kappa shape index (κ2) is 7.38. The minimum atomic E-state index is -0.651. The predicted octanol–water partition coefficient (Wildman–Crippen LogP) is 2.76. The van der Waals surface area contributed by atoms with Crippen LogP contribution in [0.4, 0.5) is 4.39 Å². The largest absolute Gasteiger partial charge is 0.494 e. The van der Waals surface area contributed by atoms with E-state index in [2.05, 4.69) is 4.98 Å². The highest BCUT2D eigenvalue weighted by atomic mass is 19.1. The Hall–Kier alpha value is -2.43. The van der Waals surface area contributed by atoms with Crippen LogP contribution in [0.25, 0.3) is 0 Å². The quantitative estimate of drug-likeness (QED) is 0.606. The van der Waals surface area contributed by atoms with E-state index in [0.717, 1.165) is 5.75 Å². The number of hydrogen-bond donors (Lipinski definition) is 0. The van der Waals surface area contributed by atoms with E-state index in [4.69, 9.17) is 4.74 Å². The highest BCUT2D eigenvalue weighted by molar-refractivity contribution is 5.92. The SMILES string of the molecule is CN(CCCOc1ccccc1)C(=O)c1cccc(F)n1. The number of carbonyl (C=O) groups is 1. The van der Waals surface area contributed by atoms with Gasteiger partial charge in [-0.25, -0.2) is 4.98 Å². The van der Waals surface area contributed by atoms with Crippen molar-refractivity contribution in [3.8, 4) is 5.75 Å². The third-order valence-corrected chi connectivity index (χ3v) is 2.93. The summed E-state index contributed by atoms with van der Waals surface area (Å²) in [6.45, 7) is 1.03. The molecule has 0 saturated carbocycles. The van der Waals surface area contributed by atoms with E-state index in [0.29, 0.717) is 19.6 Å². The van der Waals surface area contributed by atoms with Gasteiger partial charge in [0.25, 0.3) is 5.91 Å². The lowest BCUT2D eigenvalue weighted by Gasteiger charge is -2.16. The van der Waals surface area contributed by atoms with Gasteiger partial charge in [0.15, 0.2) is 0 Å². The van der Waals surface area contributed by atoms with Gasteiger partial charge in [-0.2, -0.15) is 4.39 Å². The van der Waals surface area contributed by atoms with Crippen LogP contribution >= 0.6 is 0 Å². The van der Waals surface area contributed by atoms with Crippen LogP contribution in [0.15, 0.2) is 48.5 Å². The first-order chi connectivity index (χ1) is 10.2. The lowest BCUT2D eigenvalue weighted by molar-refractivity contribution is 0.0781. The second-order valence-corrected chi connectivity index (χ2v) is 4.59. The Balaban J connectivity index is 1.76. The van der Waals surface area contributed by atoms with Crippen molar-refractivity contribution in [2.75, 3.05) is 20.2 Å². The van der Waals surface area contributed by atoms with Crippen LogP contribution in [0.1, 0.15) is 16.9 Å². The van der Waals surface area contributed by atoms with Crippen molar-refractivity contribution in [3.63, 3.8) is 0 Å². The molecule has 2 aromatic rings. The van der Waals surface area contributed by atoms with Crippen molar-refractivity contribution in [1.82, 2.24) is 9.88 Å². The molecule has 0 N–H and O–H groups in total. The maximum Gasteiger partial charge on any atom is 0.272 e. The predicted molar refractivity (Wildman–Crippen MR) is 77.7 cm³/mol. The summed E-state index contributed by atoms with van der Waals surface area (Å²) in [5, 5.41) is 0. The molecule has 1 heterocycles. The number of hydrogen-bond acceptors (Lipinski definition) is 3. The first-order valence-electron chi connectivity index (χ1n) is 6.72. The van der Waals surface area contributed by atoms with Crippen LogP contribution in [0.2, 0.25) is 0 Å². The summed E-state index contributed by atoms with van der Waals surface area (Å²) in [4.78, 5) is 17.1. The van der Waals surface area contributed by atoms with Crippen molar-refractivity contribution in [1.29, 1.82) is 0 Å². The number of halogens is 1. The number of pyridine rings is 1. The summed E-state index contributed by atoms with van der Waals surface area (Å²) in [5.41, 5.74) is 0.112. The smallest absolute Gasteiger partial charge is 0.272 e. The van der Waals surface area contributed by atoms with E-state index in [9.17, 15) is 9.18 Å². The van der Waals surface area contributed by atoms with E-state index in [-0.39, 0.29) is 11.6 Å². The number of aromatic nitrogens is 1. The Morgan fingerprint density at radius 3 is 2.67 bits per heavy atom. The Labute approximate surface area is 123 Å². The summed E-state index contributed by atoms with van der Waals surface area (Å²) in [6, 6.07) is 13.7. The molecule has 0 aliphatic rings. The lowest BCUT2D eigenvalue weighted by atomic mass is 10.3. The summed E-state index contributed by atoms with van der Waals surface area (Å²) < 4.78 is 18.5. The fourth-order valence-corrected chi connectivity index (χ4v) is 1.83. The number of ether oxygens (including phenoxy) is 1. The Morgan fingerprint density at radius 1 is 1.19 bits per heavy atom. The molecule has 0 saturated heterocycles. The molecule has 0 fully saturated rings. The molecule has 4 nitrogen and oxygen atoms in total. The minimum absolute atomic E-state index is 0.112. The highest BCUT2D eigenvalue weighted by Gasteiger charge is 2.13. The Kier molecular flexibility index (Phi) is 5.26. The summed E-state index contributed by atoms with van der Waals surface area (Å²) in [5.74, 6) is -0.144. The minimum Gasteiger partial charge on any atom is -0.494 e. The summed E-state index contributed by atoms with van der Waals surface area (Å²) in [6.07, 6.45) is 0.687. The number of rotatable bonds is 6. The van der Waals surface area contributed by atoms with Crippen LogP contribution in [0, 0.1) is 5.95 Å². The molecule has 2 rings (SSSR count). The molecular weight excluding hydrogens is 271 g/mol. The number of amides is 1. The van der Waals surface area contributed by atoms with Crippen LogP contribution < -0.4 is 4.74 Å². The molecule has 0 atom stereocenters. The van der Waals surface area contributed by atoms with E-state index in [1.165, 1.54) is 23.1 Å². The van der Waals surface area contributed by atoms with Gasteiger partial charge in [0.2, 0.25) is 5.95 Å². The van der Waals surface area contributed by atoms with Crippen molar-refractivity contribution < 1.29 is 13.9 Å². The first kappa shape index (κ1) is 15.0. The van der Waals surface area contributed by atoms with Gasteiger partial charge in [-0.05, 0) is 30.7 Å². The number of carbonyl (C=O) groups excluding carboxylic acids is 1. The number of benzene rings is 1. The zero-order valence-electron chi connectivity index (χ0n) is 11.8. The molecule has 0 aliphatic heterocycles. The van der Waals surface area contributed by atoms with Gasteiger partial charge < -0.3 is 9.64 Å². The first-order valence-corrected chi connectivity index (χ1v) is 6.72. The molecule has 0 unspecified atom stereocenters. The van der Waals surface area contributed by atoms with Gasteiger partial charge in [-0.15, -0.1) is 0 Å². The van der Waals surface area contributed by atoms with Gasteiger partial charge >= 0.3 is 0 Å². The van der Waals surface area contributed by atoms with Gasteiger partial charge in [-0.3, -0.25) is 4.79 Å². The normalized spacial score (nSPS) is 10.2. The molecule has 0 spiro atoms. The molecule has 0 radical (unpaired) electrons. The Morgan fingerprint density at radius 2 is 1.95 bits per heavy atom. The van der Waals surface area contributed by atoms with Crippen molar-refractivity contribution in [2.45, 2.75) is 6.42 Å². The maximum absolute atomic E-state index is 13.0. The molecule has 5 heteroatoms. The fraction of sp³-hybridized carbons (Fsp3) is 0.250. The van der Waals surface area contributed by atoms with Crippen LogP contribution in [0.3, 0.4) is 0 Å². The lowest BCUT2D eigenvalue weighted by Crippen LogP contribution is -2.29. The number of nitrogens with zero attached hydrogens (tertiary/aromatic N) is 2. The zero-order valence-corrected chi connectivity index (χ0v) is 11.8. The fourth-order valence-electron chi connectivity index (χ4n) is 1.83. The molecule has 0 aliphatic carbocycles. The molecule has 1 aromatic heterocycles. The third kappa shape index (κ3) is 4.56. The summed E-state index contributed by atoms with van der Waals surface area (Å²) in [7, 11) is 1.66. The van der Waals surface area contributed by atoms with Gasteiger partial charge in [0, 0.05) is 13.6 Å². The Bertz CT molecular complexity index is 590. The molecule has 1 aromatic carbocycles. The average Bonchev–Trinajstić information content (AvgIpc) is 2.51. The molecule has 21 heavy (non-hydrogen) atoms. The third-order valence-electron chi connectivity index (χ3n) is 2.93. The molecule has 0 bridgehead atoms. The van der Waals surface area contributed by atoms with E-state index in [1.54, 1.807) is 7.05 Å². The van der Waals surface area contributed by atoms with Gasteiger partial charge in [-0.1, -0.05) is 24.3 Å². The standard InChI is InChI=1S/C16H17FN2O2/c1-19(16(20)14-9-5-10-15(17)18-14)11-6-12-21-13-7-3-2-4-8-13/h2-5,7-10H,6,11-12H2,1H3. The van der Waals surface area contributed by atoms with E-state index < -0.39 is 5.95 Å². The van der Waals surface area contributed by atoms with Crippen LogP contribution in [-0.4, -0.2) is 36.0 Å². The van der Waals surface area contributed by atoms with Crippen molar-refractivity contribution >= 4 is 5.91 Å². The van der Waals surface area contributed by atoms with Gasteiger partial charge in [0.05, 0.1) is 6.61 Å². The second-order valence-electron chi connectivity index (χ2n) is 4.59. The van der Waals surface area contributed by atoms with E-state index >= 15 is 0 Å². The molecule has 1 amide bonds. The van der Waals surface area contributed by atoms with Crippen molar-refractivity contribution in [2.24, 2.45) is 0 Å². The maximum atomic E-state index is 13.0. The van der Waals surface area contributed by atoms with Crippen molar-refractivity contribution in [3.05, 3.63) is 60.2 Å². The highest BCUT2D eigenvalue weighted by Crippen LogP contribution is 2.09. The number of para-hydroxylation sites is 1. The van der Waals surface area contributed by atoms with Gasteiger partial charge in [0.1, 0.15) is 11.4 Å². The summed E-state index contributed by atoms with van der Waals surface area (Å²) >= 11 is 0. The monoisotopic (exact) mass is 288 g/mol. The topological polar surface area (TPSA) is 42.4 Å². The van der Waals surface area contributed by atoms with Crippen LogP contribution in [0.5, 0.6) is 5.75 Å². The molecular formula is C16H17FN2O2. The average molecular weight is 288 g/mol.